The van der Waals surface area contributed by atoms with Crippen LogP contribution in [0.1, 0.15) is 111 Å². The van der Waals surface area contributed by atoms with E-state index in [0.29, 0.717) is 23.0 Å². The Balaban J connectivity index is 2.69. The molecule has 0 fully saturated rings. The fraction of sp³-hybridized carbons (Fsp3) is 0.600. The molecule has 34 heavy (non-hydrogen) atoms. The van der Waals surface area contributed by atoms with Gasteiger partial charge in [0.25, 0.3) is 0 Å². The third-order valence-corrected chi connectivity index (χ3v) is 6.23. The molecule has 2 aromatic rings. The van der Waals surface area contributed by atoms with Crippen LogP contribution in [0.15, 0.2) is 18.2 Å². The number of benzene rings is 2. The lowest BCUT2D eigenvalue weighted by Crippen LogP contribution is -2.21. The summed E-state index contributed by atoms with van der Waals surface area (Å²) in [6.07, 6.45) is 0. The van der Waals surface area contributed by atoms with Gasteiger partial charge in [-0.1, -0.05) is 83.1 Å². The zero-order valence-corrected chi connectivity index (χ0v) is 23.7. The Morgan fingerprint density at radius 3 is 1.38 bits per heavy atom. The van der Waals surface area contributed by atoms with Crippen LogP contribution in [0.3, 0.4) is 0 Å². The first-order chi connectivity index (χ1) is 15.2. The molecule has 0 aliphatic carbocycles. The van der Waals surface area contributed by atoms with Gasteiger partial charge in [0.15, 0.2) is 0 Å². The second kappa shape index (κ2) is 9.02. The minimum absolute atomic E-state index is 0.239. The van der Waals surface area contributed by atoms with Crippen molar-refractivity contribution in [3.63, 3.8) is 0 Å². The van der Waals surface area contributed by atoms with Crippen LogP contribution in [-0.4, -0.2) is 17.3 Å². The van der Waals surface area contributed by atoms with E-state index in [9.17, 15) is 10.2 Å². The molecular weight excluding hydrogens is 424 g/mol. The van der Waals surface area contributed by atoms with Crippen LogP contribution in [0.25, 0.3) is 0 Å². The fourth-order valence-electron chi connectivity index (χ4n) is 4.38. The summed E-state index contributed by atoms with van der Waals surface area (Å²) >= 11 is 0. The Kier molecular flexibility index (Phi) is 7.39. The van der Waals surface area contributed by atoms with Crippen molar-refractivity contribution in [2.75, 3.05) is 7.11 Å². The molecule has 0 heterocycles. The van der Waals surface area contributed by atoms with Crippen LogP contribution in [0.5, 0.6) is 23.0 Å². The summed E-state index contributed by atoms with van der Waals surface area (Å²) in [5, 5.41) is 22.4. The van der Waals surface area contributed by atoms with Gasteiger partial charge in [0.05, 0.1) is 7.11 Å². The van der Waals surface area contributed by atoms with E-state index in [-0.39, 0.29) is 28.3 Å². The largest absolute Gasteiger partial charge is 0.507 e. The predicted molar refractivity (Wildman–Crippen MR) is 142 cm³/mol. The van der Waals surface area contributed by atoms with Crippen molar-refractivity contribution in [3.05, 3.63) is 46.0 Å². The summed E-state index contributed by atoms with van der Waals surface area (Å²) in [6, 6.07) is 5.79. The van der Waals surface area contributed by atoms with Crippen molar-refractivity contribution in [3.8, 4) is 23.0 Å². The van der Waals surface area contributed by atoms with Gasteiger partial charge in [-0.05, 0) is 39.9 Å². The zero-order chi connectivity index (χ0) is 26.4. The molecule has 2 aromatic carbocycles. The highest BCUT2D eigenvalue weighted by molar-refractivity contribution is 5.58. The van der Waals surface area contributed by atoms with Crippen LogP contribution < -0.4 is 9.47 Å². The van der Waals surface area contributed by atoms with Crippen LogP contribution in [0, 0.1) is 0 Å². The van der Waals surface area contributed by atoms with Gasteiger partial charge in [-0.15, -0.1) is 0 Å². The summed E-state index contributed by atoms with van der Waals surface area (Å²) in [6.45, 7) is 25.3. The first-order valence-electron chi connectivity index (χ1n) is 12.1. The van der Waals surface area contributed by atoms with Gasteiger partial charge in [0.2, 0.25) is 0 Å². The van der Waals surface area contributed by atoms with Crippen LogP contribution >= 0.6 is 0 Å². The zero-order valence-electron chi connectivity index (χ0n) is 23.7. The summed E-state index contributed by atoms with van der Waals surface area (Å²) in [7, 11) is 1.66. The maximum atomic E-state index is 11.4. The van der Waals surface area contributed by atoms with Crippen molar-refractivity contribution < 1.29 is 19.7 Å². The second-order valence-corrected chi connectivity index (χ2v) is 13.5. The Hall–Kier alpha value is -2.36. The first kappa shape index (κ1) is 27.9. The summed E-state index contributed by atoms with van der Waals surface area (Å²) in [4.78, 5) is 0. The maximum absolute atomic E-state index is 11.4. The minimum atomic E-state index is -0.320. The van der Waals surface area contributed by atoms with E-state index in [1.165, 1.54) is 0 Å². The monoisotopic (exact) mass is 470 g/mol. The smallest absolute Gasteiger partial charge is 0.126 e. The Morgan fingerprint density at radius 2 is 1.03 bits per heavy atom. The molecule has 0 radical (unpaired) electrons. The average molecular weight is 471 g/mol. The maximum Gasteiger partial charge on any atom is 0.126 e. The normalized spacial score (nSPS) is 13.2. The summed E-state index contributed by atoms with van der Waals surface area (Å²) in [5.41, 5.74) is 3.18. The van der Waals surface area contributed by atoms with E-state index >= 15 is 0 Å². The van der Waals surface area contributed by atoms with Crippen molar-refractivity contribution in [1.29, 1.82) is 0 Å². The molecule has 0 aliphatic rings. The van der Waals surface area contributed by atoms with E-state index in [1.807, 2.05) is 18.2 Å². The highest BCUT2D eigenvalue weighted by Gasteiger charge is 2.32. The first-order valence-corrected chi connectivity index (χ1v) is 12.1. The van der Waals surface area contributed by atoms with Gasteiger partial charge in [0, 0.05) is 27.8 Å². The molecule has 2 N–H and O–H groups in total. The molecule has 0 unspecified atom stereocenters. The number of hydrogen-bond donors (Lipinski definition) is 2. The topological polar surface area (TPSA) is 58.9 Å². The van der Waals surface area contributed by atoms with Crippen LogP contribution in [0.2, 0.25) is 0 Å². The molecule has 0 saturated carbocycles. The second-order valence-electron chi connectivity index (χ2n) is 13.5. The molecule has 0 bridgehead atoms. The number of phenolic OH excluding ortho intramolecular Hbond substituents is 2. The molecule has 4 nitrogen and oxygen atoms in total. The van der Waals surface area contributed by atoms with E-state index in [4.69, 9.17) is 9.47 Å². The third kappa shape index (κ3) is 5.82. The SMILES string of the molecule is COc1cc(C(C)(C)C)c(O)c(C(C)(C)C)c1COc1cc(C(C)(C)C)c(O)c(C(C)(C)C)c1. The Morgan fingerprint density at radius 1 is 0.618 bits per heavy atom. The summed E-state index contributed by atoms with van der Waals surface area (Å²) in [5.74, 6) is 2.02. The minimum Gasteiger partial charge on any atom is -0.507 e. The Labute approximate surface area is 207 Å². The molecule has 2 rings (SSSR count). The highest BCUT2D eigenvalue weighted by Crippen LogP contribution is 2.46. The van der Waals surface area contributed by atoms with Gasteiger partial charge in [-0.25, -0.2) is 0 Å². The molecule has 0 amide bonds. The molecule has 0 saturated heterocycles. The molecular formula is C30H46O4. The number of methoxy groups -OCH3 is 1. The highest BCUT2D eigenvalue weighted by atomic mass is 16.5. The van der Waals surface area contributed by atoms with Gasteiger partial charge in [-0.2, -0.15) is 0 Å². The van der Waals surface area contributed by atoms with E-state index in [0.717, 1.165) is 27.8 Å². The predicted octanol–water partition coefficient (Wildman–Crippen LogP) is 7.88. The van der Waals surface area contributed by atoms with E-state index in [1.54, 1.807) is 7.11 Å². The van der Waals surface area contributed by atoms with E-state index < -0.39 is 0 Å². The number of aromatic hydroxyl groups is 2. The van der Waals surface area contributed by atoms with Crippen molar-refractivity contribution in [2.45, 2.75) is 111 Å². The molecule has 0 atom stereocenters. The molecule has 0 aromatic heterocycles. The van der Waals surface area contributed by atoms with Gasteiger partial charge < -0.3 is 19.7 Å². The number of phenols is 2. The van der Waals surface area contributed by atoms with Gasteiger partial charge in [-0.3, -0.25) is 0 Å². The Bertz CT molecular complexity index is 1000. The lowest BCUT2D eigenvalue weighted by Gasteiger charge is -2.31. The fourth-order valence-corrected chi connectivity index (χ4v) is 4.38. The summed E-state index contributed by atoms with van der Waals surface area (Å²) < 4.78 is 12.2. The lowest BCUT2D eigenvalue weighted by molar-refractivity contribution is 0.287. The average Bonchev–Trinajstić information content (AvgIpc) is 2.63. The van der Waals surface area contributed by atoms with Crippen LogP contribution in [0.4, 0.5) is 0 Å². The number of ether oxygens (including phenoxy) is 2. The molecule has 4 heteroatoms. The molecule has 190 valence electrons. The molecule has 0 spiro atoms. The number of rotatable bonds is 4. The number of hydrogen-bond acceptors (Lipinski definition) is 4. The van der Waals surface area contributed by atoms with E-state index in [2.05, 4.69) is 83.1 Å². The van der Waals surface area contributed by atoms with Crippen molar-refractivity contribution in [2.24, 2.45) is 0 Å². The molecule has 0 aliphatic heterocycles. The van der Waals surface area contributed by atoms with Crippen LogP contribution in [-0.2, 0) is 28.3 Å². The van der Waals surface area contributed by atoms with Crippen molar-refractivity contribution in [1.82, 2.24) is 0 Å². The van der Waals surface area contributed by atoms with Crippen molar-refractivity contribution >= 4 is 0 Å². The van der Waals surface area contributed by atoms with Gasteiger partial charge in [0.1, 0.15) is 29.6 Å². The third-order valence-electron chi connectivity index (χ3n) is 6.23. The van der Waals surface area contributed by atoms with Gasteiger partial charge >= 0.3 is 0 Å². The lowest BCUT2D eigenvalue weighted by atomic mass is 9.77. The standard InChI is InChI=1S/C30H46O4/c1-27(2,3)20-14-18(15-21(25(20)31)28(4,5)6)34-17-19-23(33-13)16-22(29(7,8)9)26(32)24(19)30(10,11)12/h14-16,31-32H,17H2,1-13H3. The quantitative estimate of drug-likeness (QED) is 0.477.